The molecule has 0 spiro atoms. The van der Waals surface area contributed by atoms with Gasteiger partial charge in [0.2, 0.25) is 0 Å². The van der Waals surface area contributed by atoms with Crippen LogP contribution in [0.1, 0.15) is 33.1 Å². The first-order chi connectivity index (χ1) is 5.66. The number of allylic oxidation sites excluding steroid dienone is 1. The Bertz CT molecular complexity index is 249. The largest absolute Gasteiger partial charge is 0.103 e. The summed E-state index contributed by atoms with van der Waals surface area (Å²) in [5, 5.41) is 0. The zero-order valence-corrected chi connectivity index (χ0v) is 8.14. The Hall–Kier alpha value is -0.260. The van der Waals surface area contributed by atoms with E-state index < -0.39 is 0 Å². The van der Waals surface area contributed by atoms with Crippen LogP contribution in [0.25, 0.3) is 0 Å². The van der Waals surface area contributed by atoms with E-state index >= 15 is 0 Å². The van der Waals surface area contributed by atoms with Crippen molar-refractivity contribution in [1.29, 1.82) is 0 Å². The van der Waals surface area contributed by atoms with E-state index in [1.807, 2.05) is 0 Å². The normalized spacial score (nSPS) is 53.8. The molecular formula is C12H18. The summed E-state index contributed by atoms with van der Waals surface area (Å²) in [4.78, 5) is 0. The predicted molar refractivity (Wildman–Crippen MR) is 50.7 cm³/mol. The van der Waals surface area contributed by atoms with E-state index in [1.165, 1.54) is 12.8 Å². The summed E-state index contributed by atoms with van der Waals surface area (Å²) in [6.07, 6.45) is 6.71. The Kier molecular flexibility index (Phi) is 0.995. The van der Waals surface area contributed by atoms with Crippen LogP contribution >= 0.6 is 0 Å². The minimum Gasteiger partial charge on any atom is -0.103 e. The fourth-order valence-electron chi connectivity index (χ4n) is 3.69. The lowest BCUT2D eigenvalue weighted by Crippen LogP contribution is -2.14. The van der Waals surface area contributed by atoms with Crippen LogP contribution in [0.15, 0.2) is 12.7 Å². The molecule has 3 aliphatic carbocycles. The molecule has 3 aliphatic rings. The fourth-order valence-corrected chi connectivity index (χ4v) is 3.69. The molecule has 3 saturated carbocycles. The van der Waals surface area contributed by atoms with Gasteiger partial charge in [0.25, 0.3) is 0 Å². The number of hydrogen-bond acceptors (Lipinski definition) is 0. The first-order valence-corrected chi connectivity index (χ1v) is 5.28. The van der Waals surface area contributed by atoms with Crippen molar-refractivity contribution in [2.75, 3.05) is 0 Å². The first kappa shape index (κ1) is 7.17. The summed E-state index contributed by atoms with van der Waals surface area (Å²) in [5.41, 5.74) is 1.61. The van der Waals surface area contributed by atoms with Crippen molar-refractivity contribution in [3.05, 3.63) is 12.7 Å². The predicted octanol–water partition coefficient (Wildman–Crippen LogP) is 3.24. The maximum atomic E-state index is 3.91. The Balaban J connectivity index is 1.79. The van der Waals surface area contributed by atoms with Crippen molar-refractivity contribution in [1.82, 2.24) is 0 Å². The van der Waals surface area contributed by atoms with Crippen molar-refractivity contribution in [2.24, 2.45) is 28.6 Å². The molecule has 3 fully saturated rings. The molecule has 0 heteroatoms. The van der Waals surface area contributed by atoms with Gasteiger partial charge >= 0.3 is 0 Å². The van der Waals surface area contributed by atoms with Gasteiger partial charge in [-0.2, -0.15) is 0 Å². The molecule has 0 N–H and O–H groups in total. The highest BCUT2D eigenvalue weighted by atomic mass is 14.9. The van der Waals surface area contributed by atoms with Crippen molar-refractivity contribution >= 4 is 0 Å². The maximum Gasteiger partial charge on any atom is -0.0172 e. The molecule has 3 rings (SSSR count). The Morgan fingerprint density at radius 3 is 2.58 bits per heavy atom. The van der Waals surface area contributed by atoms with Crippen molar-refractivity contribution in [3.8, 4) is 0 Å². The van der Waals surface area contributed by atoms with Gasteiger partial charge in [0.1, 0.15) is 0 Å². The van der Waals surface area contributed by atoms with Crippen LogP contribution in [0, 0.1) is 28.6 Å². The topological polar surface area (TPSA) is 0 Å². The first-order valence-electron chi connectivity index (χ1n) is 5.28. The van der Waals surface area contributed by atoms with Crippen LogP contribution < -0.4 is 0 Å². The van der Waals surface area contributed by atoms with Crippen LogP contribution in [-0.2, 0) is 0 Å². The molecule has 4 unspecified atom stereocenters. The molecule has 4 atom stereocenters. The van der Waals surface area contributed by atoms with E-state index in [9.17, 15) is 0 Å². The molecule has 0 saturated heterocycles. The van der Waals surface area contributed by atoms with Crippen LogP contribution in [0.4, 0.5) is 0 Å². The van der Waals surface area contributed by atoms with E-state index in [-0.39, 0.29) is 0 Å². The summed E-state index contributed by atoms with van der Waals surface area (Å²) in [6, 6.07) is 0. The number of hydrogen-bond donors (Lipinski definition) is 0. The summed E-state index contributed by atoms with van der Waals surface area (Å²) in [5.74, 6) is 2.92. The Labute approximate surface area is 75.0 Å². The van der Waals surface area contributed by atoms with Gasteiger partial charge in [-0.25, -0.2) is 0 Å². The molecule has 0 radical (unpaired) electrons. The average molecular weight is 162 g/mol. The summed E-state index contributed by atoms with van der Waals surface area (Å²) < 4.78 is 0. The Morgan fingerprint density at radius 2 is 2.17 bits per heavy atom. The second-order valence-corrected chi connectivity index (χ2v) is 5.53. The van der Waals surface area contributed by atoms with Crippen molar-refractivity contribution < 1.29 is 0 Å². The second kappa shape index (κ2) is 1.66. The van der Waals surface area contributed by atoms with Gasteiger partial charge in [-0.3, -0.25) is 0 Å². The highest BCUT2D eigenvalue weighted by Crippen LogP contribution is 2.92. The molecule has 0 amide bonds. The minimum atomic E-state index is 0.777. The molecule has 0 bridgehead atoms. The van der Waals surface area contributed by atoms with Crippen LogP contribution in [-0.4, -0.2) is 0 Å². The van der Waals surface area contributed by atoms with Crippen LogP contribution in [0.5, 0.6) is 0 Å². The van der Waals surface area contributed by atoms with E-state index in [2.05, 4.69) is 26.5 Å². The number of rotatable bonds is 3. The summed E-state index contributed by atoms with van der Waals surface area (Å²) >= 11 is 0. The zero-order valence-electron chi connectivity index (χ0n) is 8.14. The highest BCUT2D eigenvalue weighted by Gasteiger charge is 2.86. The van der Waals surface area contributed by atoms with Gasteiger partial charge in [-0.15, -0.1) is 6.58 Å². The Morgan fingerprint density at radius 1 is 1.50 bits per heavy atom. The fraction of sp³-hybridized carbons (Fsp3) is 0.833. The summed E-state index contributed by atoms with van der Waals surface area (Å²) in [6.45, 7) is 8.76. The lowest BCUT2D eigenvalue weighted by molar-refractivity contribution is 0.297. The van der Waals surface area contributed by atoms with E-state index in [1.54, 1.807) is 6.42 Å². The zero-order chi connectivity index (χ0) is 8.56. The third-order valence-electron chi connectivity index (χ3n) is 5.04. The molecule has 66 valence electrons. The van der Waals surface area contributed by atoms with E-state index in [0.717, 1.165) is 28.6 Å². The number of fused-ring (bicyclic) bond motifs is 1. The average Bonchev–Trinajstić information content (AvgIpc) is 2.77. The quantitative estimate of drug-likeness (QED) is 0.559. The van der Waals surface area contributed by atoms with Gasteiger partial charge in [-0.05, 0) is 47.8 Å². The lowest BCUT2D eigenvalue weighted by Gasteiger charge is -2.20. The van der Waals surface area contributed by atoms with Crippen LogP contribution in [0.2, 0.25) is 0 Å². The third-order valence-corrected chi connectivity index (χ3v) is 5.04. The molecular weight excluding hydrogens is 144 g/mol. The third kappa shape index (κ3) is 0.551. The van der Waals surface area contributed by atoms with Gasteiger partial charge in [0, 0.05) is 0 Å². The van der Waals surface area contributed by atoms with Crippen LogP contribution in [0.3, 0.4) is 0 Å². The van der Waals surface area contributed by atoms with E-state index in [0.29, 0.717) is 0 Å². The molecule has 0 aromatic rings. The molecule has 0 aromatic heterocycles. The standard InChI is InChI=1S/C12H18/c1-4-8(2)10-9-7-12(9,10)11(3)5-6-11/h4,8-10H,1,5-7H2,2-3H3. The minimum absolute atomic E-state index is 0.777. The maximum absolute atomic E-state index is 3.91. The van der Waals surface area contributed by atoms with E-state index in [4.69, 9.17) is 0 Å². The molecule has 0 heterocycles. The molecule has 0 nitrogen and oxygen atoms in total. The lowest BCUT2D eigenvalue weighted by atomic mass is 9.84. The molecule has 0 aliphatic heterocycles. The molecule has 0 aromatic carbocycles. The van der Waals surface area contributed by atoms with Gasteiger partial charge in [0.05, 0.1) is 0 Å². The monoisotopic (exact) mass is 162 g/mol. The van der Waals surface area contributed by atoms with Crippen molar-refractivity contribution in [3.63, 3.8) is 0 Å². The highest BCUT2D eigenvalue weighted by molar-refractivity contribution is 5.35. The van der Waals surface area contributed by atoms with Gasteiger partial charge in [0.15, 0.2) is 0 Å². The van der Waals surface area contributed by atoms with Gasteiger partial charge in [-0.1, -0.05) is 19.9 Å². The smallest absolute Gasteiger partial charge is 0.0172 e. The van der Waals surface area contributed by atoms with Crippen molar-refractivity contribution in [2.45, 2.75) is 33.1 Å². The second-order valence-electron chi connectivity index (χ2n) is 5.53. The van der Waals surface area contributed by atoms with Gasteiger partial charge < -0.3 is 0 Å². The summed E-state index contributed by atoms with van der Waals surface area (Å²) in [7, 11) is 0. The SMILES string of the molecule is C=CC(C)C1C2CC21C1(C)CC1. The molecule has 12 heavy (non-hydrogen) atoms.